The van der Waals surface area contributed by atoms with E-state index in [9.17, 15) is 0 Å². The smallest absolute Gasteiger partial charge is 0.142 e. The van der Waals surface area contributed by atoms with Crippen LogP contribution in [0.2, 0.25) is 0 Å². The molecule has 2 aromatic heterocycles. The number of hydrogen-bond acceptors (Lipinski definition) is 4. The van der Waals surface area contributed by atoms with E-state index in [0.29, 0.717) is 6.04 Å². The number of anilines is 1. The Labute approximate surface area is 112 Å². The highest BCUT2D eigenvalue weighted by molar-refractivity contribution is 5.87. The number of aromatic amines is 1. The van der Waals surface area contributed by atoms with Crippen molar-refractivity contribution >= 4 is 16.9 Å². The molecule has 19 heavy (non-hydrogen) atoms. The quantitative estimate of drug-likeness (QED) is 0.853. The minimum atomic E-state index is 0.616. The van der Waals surface area contributed by atoms with Crippen LogP contribution in [0.4, 0.5) is 5.82 Å². The Kier molecular flexibility index (Phi) is 2.48. The summed E-state index contributed by atoms with van der Waals surface area (Å²) in [5.74, 6) is 2.77. The van der Waals surface area contributed by atoms with Gasteiger partial charge < -0.3 is 15.2 Å². The maximum absolute atomic E-state index is 4.50. The fourth-order valence-corrected chi connectivity index (χ4v) is 3.76. The zero-order chi connectivity index (χ0) is 12.8. The van der Waals surface area contributed by atoms with Crippen LogP contribution in [0.1, 0.15) is 12.8 Å². The second-order valence-corrected chi connectivity index (χ2v) is 5.85. The number of fused-ring (bicyclic) bond motifs is 2. The Hall–Kier alpha value is -1.62. The molecule has 0 aromatic carbocycles. The summed E-state index contributed by atoms with van der Waals surface area (Å²) in [6, 6.07) is 2.68. The first kappa shape index (κ1) is 11.2. The summed E-state index contributed by atoms with van der Waals surface area (Å²) in [7, 11) is 2.17. The maximum atomic E-state index is 4.50. The normalized spacial score (nSPS) is 29.8. The van der Waals surface area contributed by atoms with Gasteiger partial charge in [-0.3, -0.25) is 0 Å². The van der Waals surface area contributed by atoms with Gasteiger partial charge >= 0.3 is 0 Å². The van der Waals surface area contributed by atoms with E-state index < -0.39 is 0 Å². The molecule has 2 N–H and O–H groups in total. The third-order valence-electron chi connectivity index (χ3n) is 4.84. The van der Waals surface area contributed by atoms with Crippen molar-refractivity contribution < 1.29 is 0 Å². The van der Waals surface area contributed by atoms with Crippen LogP contribution in [0, 0.1) is 11.8 Å². The van der Waals surface area contributed by atoms with E-state index >= 15 is 0 Å². The highest BCUT2D eigenvalue weighted by Gasteiger charge is 2.39. The molecular formula is C14H19N5. The van der Waals surface area contributed by atoms with Crippen molar-refractivity contribution in [3.05, 3.63) is 18.6 Å². The predicted molar refractivity (Wildman–Crippen MR) is 75.2 cm³/mol. The van der Waals surface area contributed by atoms with Crippen molar-refractivity contribution in [1.29, 1.82) is 0 Å². The molecule has 2 fully saturated rings. The van der Waals surface area contributed by atoms with Crippen LogP contribution in [0.15, 0.2) is 18.6 Å². The van der Waals surface area contributed by atoms with Crippen molar-refractivity contribution in [2.24, 2.45) is 11.8 Å². The molecule has 0 radical (unpaired) electrons. The van der Waals surface area contributed by atoms with Gasteiger partial charge in [0.15, 0.2) is 0 Å². The molecule has 1 aliphatic heterocycles. The lowest BCUT2D eigenvalue weighted by molar-refractivity contribution is 0.494. The van der Waals surface area contributed by atoms with Crippen molar-refractivity contribution in [3.63, 3.8) is 0 Å². The zero-order valence-electron chi connectivity index (χ0n) is 11.1. The molecule has 2 aromatic rings. The van der Waals surface area contributed by atoms with Crippen LogP contribution >= 0.6 is 0 Å². The third kappa shape index (κ3) is 1.72. The maximum Gasteiger partial charge on any atom is 0.142 e. The molecule has 1 saturated carbocycles. The minimum Gasteiger partial charge on any atom is -0.356 e. The van der Waals surface area contributed by atoms with Gasteiger partial charge in [-0.1, -0.05) is 0 Å². The van der Waals surface area contributed by atoms with Gasteiger partial charge in [0.25, 0.3) is 0 Å². The summed E-state index contributed by atoms with van der Waals surface area (Å²) in [4.78, 5) is 14.3. The van der Waals surface area contributed by atoms with E-state index in [1.54, 1.807) is 6.33 Å². The SMILES string of the molecule is CN(c1ncnc2[nH]ccc12)C1CC2CNC[C@@H]2C1. The third-order valence-corrected chi connectivity index (χ3v) is 4.84. The van der Waals surface area contributed by atoms with Crippen LogP contribution in [-0.2, 0) is 0 Å². The first-order valence-corrected chi connectivity index (χ1v) is 7.04. The first-order chi connectivity index (χ1) is 9.33. The van der Waals surface area contributed by atoms with Gasteiger partial charge in [-0.25, -0.2) is 9.97 Å². The lowest BCUT2D eigenvalue weighted by atomic mass is 10.0. The number of nitrogens with zero attached hydrogens (tertiary/aromatic N) is 3. The Balaban J connectivity index is 1.63. The molecule has 5 nitrogen and oxygen atoms in total. The Morgan fingerprint density at radius 1 is 1.21 bits per heavy atom. The monoisotopic (exact) mass is 257 g/mol. The molecule has 1 aliphatic carbocycles. The molecule has 3 atom stereocenters. The highest BCUT2D eigenvalue weighted by atomic mass is 15.2. The second-order valence-electron chi connectivity index (χ2n) is 5.85. The molecule has 100 valence electrons. The largest absolute Gasteiger partial charge is 0.356 e. The van der Waals surface area contributed by atoms with E-state index in [1.807, 2.05) is 6.20 Å². The summed E-state index contributed by atoms with van der Waals surface area (Å²) < 4.78 is 0. The van der Waals surface area contributed by atoms with Crippen molar-refractivity contribution in [1.82, 2.24) is 20.3 Å². The Bertz CT molecular complexity index is 580. The molecule has 0 amide bonds. The van der Waals surface area contributed by atoms with E-state index in [-0.39, 0.29) is 0 Å². The van der Waals surface area contributed by atoms with E-state index in [1.165, 1.54) is 25.9 Å². The number of aromatic nitrogens is 3. The highest BCUT2D eigenvalue weighted by Crippen LogP contribution is 2.38. The average Bonchev–Trinajstić information content (AvgIpc) is 3.11. The van der Waals surface area contributed by atoms with Gasteiger partial charge in [-0.15, -0.1) is 0 Å². The van der Waals surface area contributed by atoms with Crippen molar-refractivity contribution in [3.8, 4) is 0 Å². The molecule has 2 unspecified atom stereocenters. The van der Waals surface area contributed by atoms with Crippen LogP contribution in [0.3, 0.4) is 0 Å². The zero-order valence-corrected chi connectivity index (χ0v) is 11.1. The lowest BCUT2D eigenvalue weighted by Crippen LogP contribution is -2.31. The standard InChI is InChI=1S/C14H19N5/c1-19(11-4-9-6-15-7-10(9)5-11)14-12-2-3-16-13(12)17-8-18-14/h2-3,8-11,15H,4-7H2,1H3,(H,16,17,18)/t9-,10?,11?/m0/s1. The Morgan fingerprint density at radius 3 is 2.79 bits per heavy atom. The summed E-state index contributed by atoms with van der Waals surface area (Å²) in [5.41, 5.74) is 0.928. The summed E-state index contributed by atoms with van der Waals surface area (Å²) in [6.45, 7) is 2.39. The lowest BCUT2D eigenvalue weighted by Gasteiger charge is -2.26. The van der Waals surface area contributed by atoms with E-state index in [0.717, 1.165) is 28.7 Å². The van der Waals surface area contributed by atoms with Crippen molar-refractivity contribution in [2.45, 2.75) is 18.9 Å². The number of rotatable bonds is 2. The van der Waals surface area contributed by atoms with Crippen LogP contribution in [-0.4, -0.2) is 41.1 Å². The topological polar surface area (TPSA) is 56.8 Å². The number of nitrogens with one attached hydrogen (secondary N) is 2. The van der Waals surface area contributed by atoms with Gasteiger partial charge in [0.05, 0.1) is 5.39 Å². The predicted octanol–water partition coefficient (Wildman–Crippen LogP) is 1.39. The van der Waals surface area contributed by atoms with Gasteiger partial charge in [-0.05, 0) is 43.8 Å². The molecule has 1 saturated heterocycles. The number of hydrogen-bond donors (Lipinski definition) is 2. The molecule has 5 heteroatoms. The van der Waals surface area contributed by atoms with Gasteiger partial charge in [-0.2, -0.15) is 0 Å². The summed E-state index contributed by atoms with van der Waals surface area (Å²) in [5, 5.41) is 4.63. The molecule has 4 rings (SSSR count). The van der Waals surface area contributed by atoms with Crippen LogP contribution in [0.5, 0.6) is 0 Å². The molecule has 0 spiro atoms. The van der Waals surface area contributed by atoms with E-state index in [2.05, 4.69) is 38.3 Å². The molecular weight excluding hydrogens is 238 g/mol. The van der Waals surface area contributed by atoms with Gasteiger partial charge in [0.2, 0.25) is 0 Å². The fraction of sp³-hybridized carbons (Fsp3) is 0.571. The fourth-order valence-electron chi connectivity index (χ4n) is 3.76. The van der Waals surface area contributed by atoms with Gasteiger partial charge in [0, 0.05) is 19.3 Å². The van der Waals surface area contributed by atoms with Crippen LogP contribution < -0.4 is 10.2 Å². The summed E-state index contributed by atoms with van der Waals surface area (Å²) >= 11 is 0. The minimum absolute atomic E-state index is 0.616. The molecule has 0 bridgehead atoms. The van der Waals surface area contributed by atoms with E-state index in [4.69, 9.17) is 0 Å². The number of H-pyrrole nitrogens is 1. The average molecular weight is 257 g/mol. The van der Waals surface area contributed by atoms with Crippen LogP contribution in [0.25, 0.3) is 11.0 Å². The van der Waals surface area contributed by atoms with Gasteiger partial charge in [0.1, 0.15) is 17.8 Å². The Morgan fingerprint density at radius 2 is 2.00 bits per heavy atom. The summed E-state index contributed by atoms with van der Waals surface area (Å²) in [6.07, 6.45) is 6.15. The molecule has 2 aliphatic rings. The molecule has 3 heterocycles. The first-order valence-electron chi connectivity index (χ1n) is 7.04. The van der Waals surface area contributed by atoms with Crippen molar-refractivity contribution in [2.75, 3.05) is 25.0 Å². The second kappa shape index (κ2) is 4.20.